The average Bonchev–Trinajstić information content (AvgIpc) is 3.53. The Kier molecular flexibility index (Phi) is 5.82. The first-order chi connectivity index (χ1) is 15.8. The van der Waals surface area contributed by atoms with Crippen molar-refractivity contribution in [2.45, 2.75) is 17.4 Å². The molecule has 0 radical (unpaired) electrons. The molecule has 0 saturated heterocycles. The molecule has 5 nitrogen and oxygen atoms in total. The fraction of sp³-hybridized carbons (Fsp3) is 0.130. The summed E-state index contributed by atoms with van der Waals surface area (Å²) in [6.07, 6.45) is 1.82. The Hall–Kier alpha value is -2.59. The molecule has 0 N–H and O–H groups in total. The van der Waals surface area contributed by atoms with Crippen LogP contribution in [0.5, 0.6) is 0 Å². The molecule has 4 aromatic rings. The third-order valence-corrected chi connectivity index (χ3v) is 8.53. The monoisotopic (exact) mass is 517 g/mol. The molecule has 0 fully saturated rings. The minimum atomic E-state index is -3.26. The van der Waals surface area contributed by atoms with E-state index >= 15 is 0 Å². The van der Waals surface area contributed by atoms with Gasteiger partial charge in [0, 0.05) is 23.6 Å². The van der Waals surface area contributed by atoms with Gasteiger partial charge in [-0.25, -0.2) is 22.8 Å². The molecule has 1 unspecified atom stereocenters. The molecule has 10 heteroatoms. The number of thiazole rings is 1. The lowest BCUT2D eigenvalue weighted by atomic mass is 10.0. The Morgan fingerprint density at radius 2 is 1.79 bits per heavy atom. The van der Waals surface area contributed by atoms with Gasteiger partial charge in [0.2, 0.25) is 5.13 Å². The molecule has 33 heavy (non-hydrogen) atoms. The van der Waals surface area contributed by atoms with Gasteiger partial charge in [0.15, 0.2) is 9.84 Å². The van der Waals surface area contributed by atoms with Crippen molar-refractivity contribution in [1.82, 2.24) is 4.98 Å². The van der Waals surface area contributed by atoms with Crippen LogP contribution in [0.15, 0.2) is 76.0 Å². The molecule has 168 valence electrons. The summed E-state index contributed by atoms with van der Waals surface area (Å²) in [7, 11) is -3.26. The lowest BCUT2D eigenvalue weighted by Crippen LogP contribution is -2.18. The van der Waals surface area contributed by atoms with E-state index in [1.54, 1.807) is 36.4 Å². The summed E-state index contributed by atoms with van der Waals surface area (Å²) in [5.74, 6) is -0.288. The normalized spacial score (nSPS) is 16.3. The average molecular weight is 518 g/mol. The van der Waals surface area contributed by atoms with E-state index in [1.165, 1.54) is 41.1 Å². The van der Waals surface area contributed by atoms with Gasteiger partial charge in [0.25, 0.3) is 0 Å². The van der Waals surface area contributed by atoms with Crippen molar-refractivity contribution in [3.05, 3.63) is 86.6 Å². The minimum Gasteiger partial charge on any atom is -0.231 e. The highest BCUT2D eigenvalue weighted by Crippen LogP contribution is 2.40. The van der Waals surface area contributed by atoms with Gasteiger partial charge < -0.3 is 0 Å². The van der Waals surface area contributed by atoms with Gasteiger partial charge in [-0.1, -0.05) is 35.9 Å². The number of benzene rings is 2. The molecule has 3 heterocycles. The number of aromatic nitrogens is 1. The molecule has 0 bridgehead atoms. The number of rotatable bonds is 5. The van der Waals surface area contributed by atoms with Gasteiger partial charge in [0.05, 0.1) is 31.6 Å². The number of halogens is 2. The molecule has 1 aliphatic rings. The van der Waals surface area contributed by atoms with Gasteiger partial charge in [-0.2, -0.15) is 5.10 Å². The summed E-state index contributed by atoms with van der Waals surface area (Å²) in [5, 5.41) is 9.34. The van der Waals surface area contributed by atoms with Crippen LogP contribution in [0.2, 0.25) is 4.34 Å². The molecule has 0 aliphatic carbocycles. The number of anilines is 1. The highest BCUT2D eigenvalue weighted by molar-refractivity contribution is 7.90. The van der Waals surface area contributed by atoms with Crippen LogP contribution in [-0.4, -0.2) is 25.4 Å². The first kappa shape index (κ1) is 22.2. The summed E-state index contributed by atoms with van der Waals surface area (Å²) >= 11 is 9.05. The second-order valence-corrected chi connectivity index (χ2v) is 12.1. The van der Waals surface area contributed by atoms with Crippen molar-refractivity contribution in [1.29, 1.82) is 0 Å². The van der Waals surface area contributed by atoms with E-state index < -0.39 is 9.84 Å². The first-order valence-electron chi connectivity index (χ1n) is 9.92. The molecular weight excluding hydrogens is 501 g/mol. The second-order valence-electron chi connectivity index (χ2n) is 7.58. The third-order valence-electron chi connectivity index (χ3n) is 5.29. The van der Waals surface area contributed by atoms with Crippen LogP contribution < -0.4 is 5.01 Å². The predicted molar refractivity (Wildman–Crippen MR) is 133 cm³/mol. The maximum atomic E-state index is 13.5. The summed E-state index contributed by atoms with van der Waals surface area (Å²) in [6, 6.07) is 16.8. The minimum absolute atomic E-state index is 0.131. The van der Waals surface area contributed by atoms with Gasteiger partial charge in [-0.3, -0.25) is 0 Å². The fourth-order valence-electron chi connectivity index (χ4n) is 3.62. The zero-order chi connectivity index (χ0) is 23.2. The first-order valence-corrected chi connectivity index (χ1v) is 13.9. The summed E-state index contributed by atoms with van der Waals surface area (Å²) < 4.78 is 37.7. The van der Waals surface area contributed by atoms with Gasteiger partial charge in [0.1, 0.15) is 5.82 Å². The van der Waals surface area contributed by atoms with E-state index in [1.807, 2.05) is 22.5 Å². The van der Waals surface area contributed by atoms with Gasteiger partial charge >= 0.3 is 0 Å². The lowest BCUT2D eigenvalue weighted by Gasteiger charge is -2.21. The highest BCUT2D eigenvalue weighted by Gasteiger charge is 2.32. The second kappa shape index (κ2) is 8.64. The number of thiophene rings is 1. The van der Waals surface area contributed by atoms with Crippen LogP contribution in [0, 0.1) is 5.82 Å². The van der Waals surface area contributed by atoms with Crippen LogP contribution in [0.4, 0.5) is 9.52 Å². The zero-order valence-corrected chi connectivity index (χ0v) is 20.5. The highest BCUT2D eigenvalue weighted by atomic mass is 35.5. The SMILES string of the molecule is CS(=O)(=O)c1ccc(-c2csc(N3N=C(c4ccc(Cl)s4)CC3c3ccc(F)cc3)n2)cc1. The topological polar surface area (TPSA) is 62.6 Å². The number of nitrogens with zero attached hydrogens (tertiary/aromatic N) is 3. The van der Waals surface area contributed by atoms with E-state index in [-0.39, 0.29) is 16.8 Å². The summed E-state index contributed by atoms with van der Waals surface area (Å²) in [5.41, 5.74) is 3.38. The predicted octanol–water partition coefficient (Wildman–Crippen LogP) is 6.42. The van der Waals surface area contributed by atoms with Crippen LogP contribution in [-0.2, 0) is 9.84 Å². The van der Waals surface area contributed by atoms with Crippen LogP contribution >= 0.6 is 34.3 Å². The maximum Gasteiger partial charge on any atom is 0.207 e. The Morgan fingerprint density at radius 1 is 1.06 bits per heavy atom. The lowest BCUT2D eigenvalue weighted by molar-refractivity contribution is 0.602. The summed E-state index contributed by atoms with van der Waals surface area (Å²) in [4.78, 5) is 6.03. The largest absolute Gasteiger partial charge is 0.231 e. The van der Waals surface area contributed by atoms with E-state index in [0.29, 0.717) is 15.9 Å². The van der Waals surface area contributed by atoms with Crippen LogP contribution in [0.1, 0.15) is 22.9 Å². The number of sulfone groups is 1. The summed E-state index contributed by atoms with van der Waals surface area (Å²) in [6.45, 7) is 0. The Labute approximate surface area is 203 Å². The molecule has 2 aromatic carbocycles. The van der Waals surface area contributed by atoms with E-state index in [2.05, 4.69) is 0 Å². The Morgan fingerprint density at radius 3 is 2.42 bits per heavy atom. The van der Waals surface area contributed by atoms with Crippen molar-refractivity contribution in [3.63, 3.8) is 0 Å². The number of hydrazone groups is 1. The van der Waals surface area contributed by atoms with Gasteiger partial charge in [-0.15, -0.1) is 22.7 Å². The van der Waals surface area contributed by atoms with Crippen molar-refractivity contribution < 1.29 is 12.8 Å². The van der Waals surface area contributed by atoms with Crippen LogP contribution in [0.3, 0.4) is 0 Å². The molecule has 5 rings (SSSR count). The molecule has 1 atom stereocenters. The third kappa shape index (κ3) is 4.59. The molecular formula is C23H17ClFN3O2S3. The standard InChI is InChI=1S/C23H17ClFN3O2S3/c1-33(29,30)17-8-4-14(5-9-17)19-13-31-23(26-19)28-20(15-2-6-16(25)7-3-15)12-18(27-28)21-10-11-22(24)32-21/h2-11,13,20H,12H2,1H3. The van der Waals surface area contributed by atoms with E-state index in [0.717, 1.165) is 27.4 Å². The smallest absolute Gasteiger partial charge is 0.207 e. The number of hydrogen-bond donors (Lipinski definition) is 0. The van der Waals surface area contributed by atoms with Crippen molar-refractivity contribution in [2.24, 2.45) is 5.10 Å². The van der Waals surface area contributed by atoms with E-state index in [4.69, 9.17) is 21.7 Å². The molecule has 2 aromatic heterocycles. The van der Waals surface area contributed by atoms with Crippen molar-refractivity contribution in [3.8, 4) is 11.3 Å². The molecule has 1 aliphatic heterocycles. The molecule has 0 saturated carbocycles. The number of hydrogen-bond acceptors (Lipinski definition) is 7. The van der Waals surface area contributed by atoms with Crippen LogP contribution in [0.25, 0.3) is 11.3 Å². The fourth-order valence-corrected chi connectivity index (χ4v) is 6.12. The van der Waals surface area contributed by atoms with E-state index in [9.17, 15) is 12.8 Å². The van der Waals surface area contributed by atoms with Crippen molar-refractivity contribution in [2.75, 3.05) is 11.3 Å². The maximum absolute atomic E-state index is 13.5. The quantitative estimate of drug-likeness (QED) is 0.306. The molecule has 0 amide bonds. The van der Waals surface area contributed by atoms with Gasteiger partial charge in [-0.05, 0) is 42.0 Å². The Bertz CT molecular complexity index is 1440. The van der Waals surface area contributed by atoms with Crippen molar-refractivity contribution >= 4 is 55.0 Å². The zero-order valence-electron chi connectivity index (χ0n) is 17.3. The Balaban J connectivity index is 1.50. The molecule has 0 spiro atoms.